The van der Waals surface area contributed by atoms with Gasteiger partial charge in [0.1, 0.15) is 11.6 Å². The molecule has 1 amide bonds. The molecule has 0 atom stereocenters. The van der Waals surface area contributed by atoms with Gasteiger partial charge in [0.15, 0.2) is 5.82 Å². The average Bonchev–Trinajstić information content (AvgIpc) is 3.21. The Morgan fingerprint density at radius 3 is 2.50 bits per heavy atom. The number of aromatic amines is 1. The molecule has 1 aromatic heterocycles. The number of benzene rings is 2. The molecule has 0 aliphatic heterocycles. The molecule has 0 aliphatic rings. The number of methoxy groups -OCH3 is 1. The van der Waals surface area contributed by atoms with Crippen molar-refractivity contribution in [3.63, 3.8) is 0 Å². The van der Waals surface area contributed by atoms with Crippen LogP contribution in [0, 0.1) is 0 Å². The lowest BCUT2D eigenvalue weighted by molar-refractivity contribution is 0.102. The molecule has 0 unspecified atom stereocenters. The molecular weight excluding hydrogens is 358 g/mol. The number of nitrogens with one attached hydrogen (secondary N) is 2. The van der Waals surface area contributed by atoms with E-state index in [0.29, 0.717) is 42.7 Å². The molecule has 0 bridgehead atoms. The van der Waals surface area contributed by atoms with Gasteiger partial charge in [-0.2, -0.15) is 5.10 Å². The zero-order valence-corrected chi connectivity index (χ0v) is 15.6. The van der Waals surface area contributed by atoms with E-state index in [1.54, 1.807) is 43.5 Å². The van der Waals surface area contributed by atoms with E-state index in [0.717, 1.165) is 17.7 Å². The average molecular weight is 381 g/mol. The van der Waals surface area contributed by atoms with Crippen LogP contribution < -0.4 is 15.8 Å². The minimum atomic E-state index is -0.193. The van der Waals surface area contributed by atoms with Crippen LogP contribution in [0.4, 0.5) is 5.69 Å². The fraction of sp³-hybridized carbons (Fsp3) is 0.250. The van der Waals surface area contributed by atoms with Crippen LogP contribution in [0.25, 0.3) is 11.4 Å². The van der Waals surface area contributed by atoms with Gasteiger partial charge in [-0.15, -0.1) is 0 Å². The van der Waals surface area contributed by atoms with E-state index in [-0.39, 0.29) is 5.91 Å². The first-order valence-electron chi connectivity index (χ1n) is 8.94. The summed E-state index contributed by atoms with van der Waals surface area (Å²) in [6.07, 6.45) is 0.816. The molecule has 28 heavy (non-hydrogen) atoms. The van der Waals surface area contributed by atoms with Crippen molar-refractivity contribution < 1.29 is 14.3 Å². The number of nitrogens with zero attached hydrogens (tertiary/aromatic N) is 2. The molecule has 0 radical (unpaired) electrons. The number of hydrogen-bond acceptors (Lipinski definition) is 6. The van der Waals surface area contributed by atoms with Crippen LogP contribution in [0.1, 0.15) is 22.6 Å². The molecule has 3 aromatic rings. The lowest BCUT2D eigenvalue weighted by Gasteiger charge is -2.08. The van der Waals surface area contributed by atoms with Crippen LogP contribution in [0.2, 0.25) is 0 Å². The van der Waals surface area contributed by atoms with Crippen molar-refractivity contribution >= 4 is 11.6 Å². The molecule has 146 valence electrons. The van der Waals surface area contributed by atoms with Gasteiger partial charge < -0.3 is 20.5 Å². The van der Waals surface area contributed by atoms with E-state index in [4.69, 9.17) is 15.2 Å². The number of hydrogen-bond donors (Lipinski definition) is 3. The third kappa shape index (κ3) is 5.15. The minimum Gasteiger partial charge on any atom is -0.494 e. The number of ether oxygens (including phenoxy) is 2. The maximum atomic E-state index is 12.4. The number of H-pyrrole nitrogens is 1. The van der Waals surface area contributed by atoms with Crippen LogP contribution in [0.15, 0.2) is 48.5 Å². The molecule has 2 aromatic carbocycles. The van der Waals surface area contributed by atoms with Crippen molar-refractivity contribution in [1.29, 1.82) is 0 Å². The highest BCUT2D eigenvalue weighted by molar-refractivity contribution is 6.04. The number of carbonyl (C=O) groups excluding carboxylic acids is 1. The van der Waals surface area contributed by atoms with Crippen molar-refractivity contribution in [2.24, 2.45) is 5.73 Å². The highest BCUT2D eigenvalue weighted by Crippen LogP contribution is 2.19. The van der Waals surface area contributed by atoms with E-state index in [2.05, 4.69) is 20.5 Å². The van der Waals surface area contributed by atoms with Crippen molar-refractivity contribution in [2.75, 3.05) is 25.6 Å². The van der Waals surface area contributed by atoms with Crippen molar-refractivity contribution in [3.8, 4) is 17.1 Å². The summed E-state index contributed by atoms with van der Waals surface area (Å²) in [7, 11) is 1.66. The Labute approximate surface area is 163 Å². The molecule has 8 heteroatoms. The van der Waals surface area contributed by atoms with Gasteiger partial charge in [-0.3, -0.25) is 9.89 Å². The topological polar surface area (TPSA) is 115 Å². The molecule has 4 N–H and O–H groups in total. The lowest BCUT2D eigenvalue weighted by atomic mass is 10.1. The second kappa shape index (κ2) is 9.63. The molecule has 3 rings (SSSR count). The van der Waals surface area contributed by atoms with Crippen LogP contribution in [-0.2, 0) is 11.3 Å². The number of aromatic nitrogens is 3. The van der Waals surface area contributed by atoms with Gasteiger partial charge in [-0.1, -0.05) is 0 Å². The summed E-state index contributed by atoms with van der Waals surface area (Å²) in [6, 6.07) is 14.3. The van der Waals surface area contributed by atoms with E-state index in [1.165, 1.54) is 0 Å². The predicted molar refractivity (Wildman–Crippen MR) is 106 cm³/mol. The normalized spacial score (nSPS) is 10.6. The summed E-state index contributed by atoms with van der Waals surface area (Å²) < 4.78 is 10.6. The Hall–Kier alpha value is -3.23. The van der Waals surface area contributed by atoms with Crippen molar-refractivity contribution in [3.05, 3.63) is 59.9 Å². The molecule has 1 heterocycles. The predicted octanol–water partition coefficient (Wildman–Crippen LogP) is 2.60. The molecule has 8 nitrogen and oxygen atoms in total. The Morgan fingerprint density at radius 2 is 1.86 bits per heavy atom. The quantitative estimate of drug-likeness (QED) is 0.491. The first-order valence-corrected chi connectivity index (χ1v) is 8.94. The van der Waals surface area contributed by atoms with Crippen molar-refractivity contribution in [2.45, 2.75) is 13.0 Å². The van der Waals surface area contributed by atoms with Gasteiger partial charge in [-0.05, 0) is 48.5 Å². The fourth-order valence-electron chi connectivity index (χ4n) is 2.52. The molecule has 0 saturated heterocycles. The largest absolute Gasteiger partial charge is 0.494 e. The second-order valence-electron chi connectivity index (χ2n) is 6.06. The minimum absolute atomic E-state index is 0.193. The van der Waals surface area contributed by atoms with E-state index < -0.39 is 0 Å². The monoisotopic (exact) mass is 381 g/mol. The number of nitrogens with two attached hydrogens (primary N) is 1. The summed E-state index contributed by atoms with van der Waals surface area (Å²) in [5, 5.41) is 9.75. The summed E-state index contributed by atoms with van der Waals surface area (Å²) in [5.41, 5.74) is 7.60. The number of carbonyl (C=O) groups is 1. The first-order chi connectivity index (χ1) is 13.7. The highest BCUT2D eigenvalue weighted by atomic mass is 16.5. The summed E-state index contributed by atoms with van der Waals surface area (Å²) >= 11 is 0. The van der Waals surface area contributed by atoms with E-state index in [1.807, 2.05) is 12.1 Å². The first kappa shape index (κ1) is 19.5. The number of rotatable bonds is 9. The third-order valence-electron chi connectivity index (χ3n) is 4.00. The van der Waals surface area contributed by atoms with Gasteiger partial charge in [0.05, 0.1) is 13.2 Å². The van der Waals surface area contributed by atoms with Gasteiger partial charge >= 0.3 is 0 Å². The van der Waals surface area contributed by atoms with Gasteiger partial charge in [0.2, 0.25) is 0 Å². The molecular formula is C20H23N5O3. The Morgan fingerprint density at radius 1 is 1.11 bits per heavy atom. The number of amides is 1. The Balaban J connectivity index is 1.56. The molecule has 0 fully saturated rings. The summed E-state index contributed by atoms with van der Waals surface area (Å²) in [6.45, 7) is 1.53. The third-order valence-corrected chi connectivity index (χ3v) is 4.00. The van der Waals surface area contributed by atoms with Crippen LogP contribution in [-0.4, -0.2) is 41.4 Å². The van der Waals surface area contributed by atoms with E-state index >= 15 is 0 Å². The summed E-state index contributed by atoms with van der Waals surface area (Å²) in [4.78, 5) is 16.7. The van der Waals surface area contributed by atoms with Crippen LogP contribution >= 0.6 is 0 Å². The number of anilines is 1. The standard InChI is InChI=1S/C20H23N5O3/c1-27-11-2-12-28-17-9-5-15(6-10-17)20(26)22-16-7-3-14(4-8-16)19-23-18(13-21)24-25-19/h3-10H,2,11-13,21H2,1H3,(H,22,26)(H,23,24,25). The maximum Gasteiger partial charge on any atom is 0.255 e. The zero-order chi connectivity index (χ0) is 19.8. The van der Waals surface area contributed by atoms with Gasteiger partial charge in [0, 0.05) is 37.0 Å². The Kier molecular flexibility index (Phi) is 6.72. The summed E-state index contributed by atoms with van der Waals surface area (Å²) in [5.74, 6) is 1.72. The maximum absolute atomic E-state index is 12.4. The van der Waals surface area contributed by atoms with Gasteiger partial charge in [-0.25, -0.2) is 4.98 Å². The molecule has 0 saturated carbocycles. The smallest absolute Gasteiger partial charge is 0.255 e. The van der Waals surface area contributed by atoms with E-state index in [9.17, 15) is 4.79 Å². The van der Waals surface area contributed by atoms with Gasteiger partial charge in [0.25, 0.3) is 5.91 Å². The van der Waals surface area contributed by atoms with Crippen LogP contribution in [0.5, 0.6) is 5.75 Å². The molecule has 0 aliphatic carbocycles. The second-order valence-corrected chi connectivity index (χ2v) is 6.06. The molecule has 0 spiro atoms. The SMILES string of the molecule is COCCCOc1ccc(C(=O)Nc2ccc(-c3n[nH]c(CN)n3)cc2)cc1. The fourth-order valence-corrected chi connectivity index (χ4v) is 2.52. The highest BCUT2D eigenvalue weighted by Gasteiger charge is 2.08. The lowest BCUT2D eigenvalue weighted by Crippen LogP contribution is -2.11. The van der Waals surface area contributed by atoms with Crippen LogP contribution in [0.3, 0.4) is 0 Å². The zero-order valence-electron chi connectivity index (χ0n) is 15.6. The van der Waals surface area contributed by atoms with Crippen molar-refractivity contribution in [1.82, 2.24) is 15.2 Å². The Bertz CT molecular complexity index is 891.